The number of rotatable bonds is 5. The Bertz CT molecular complexity index is 714. The van der Waals surface area contributed by atoms with Gasteiger partial charge in [0.15, 0.2) is 0 Å². The summed E-state index contributed by atoms with van der Waals surface area (Å²) in [7, 11) is 0. The fourth-order valence-electron chi connectivity index (χ4n) is 2.76. The van der Waals surface area contributed by atoms with E-state index >= 15 is 0 Å². The summed E-state index contributed by atoms with van der Waals surface area (Å²) in [6, 6.07) is 7.85. The van der Waals surface area contributed by atoms with Crippen molar-refractivity contribution in [1.82, 2.24) is 15.1 Å². The van der Waals surface area contributed by atoms with Crippen molar-refractivity contribution in [3.05, 3.63) is 47.3 Å². The van der Waals surface area contributed by atoms with E-state index in [9.17, 15) is 9.90 Å². The lowest BCUT2D eigenvalue weighted by atomic mass is 9.85. The fourth-order valence-corrected chi connectivity index (χ4v) is 2.76. The van der Waals surface area contributed by atoms with Crippen molar-refractivity contribution >= 4 is 5.91 Å². The molecule has 130 valence electrons. The van der Waals surface area contributed by atoms with E-state index in [4.69, 9.17) is 0 Å². The van der Waals surface area contributed by atoms with E-state index < -0.39 is 0 Å². The number of aryl methyl sites for hydroxylation is 1. The van der Waals surface area contributed by atoms with Gasteiger partial charge in [-0.25, -0.2) is 4.68 Å². The first-order valence-corrected chi connectivity index (χ1v) is 8.28. The highest BCUT2D eigenvalue weighted by Gasteiger charge is 2.27. The van der Waals surface area contributed by atoms with Crippen LogP contribution in [0.25, 0.3) is 5.69 Å². The molecule has 0 bridgehead atoms. The minimum Gasteiger partial charge on any atom is -0.396 e. The van der Waals surface area contributed by atoms with E-state index in [1.807, 2.05) is 38.1 Å². The van der Waals surface area contributed by atoms with Crippen LogP contribution in [0.4, 0.5) is 0 Å². The van der Waals surface area contributed by atoms with Gasteiger partial charge in [-0.1, -0.05) is 39.0 Å². The van der Waals surface area contributed by atoms with Crippen LogP contribution in [0, 0.1) is 19.3 Å². The number of para-hydroxylation sites is 1. The summed E-state index contributed by atoms with van der Waals surface area (Å²) in [6.45, 7) is 10.1. The van der Waals surface area contributed by atoms with Gasteiger partial charge >= 0.3 is 0 Å². The third-order valence-corrected chi connectivity index (χ3v) is 4.37. The average molecular weight is 329 g/mol. The number of aliphatic hydroxyl groups excluding tert-OH is 1. The highest BCUT2D eigenvalue weighted by Crippen LogP contribution is 2.23. The first kappa shape index (κ1) is 18.2. The minimum absolute atomic E-state index is 0.0453. The Morgan fingerprint density at radius 1 is 1.29 bits per heavy atom. The maximum absolute atomic E-state index is 12.7. The van der Waals surface area contributed by atoms with Crippen molar-refractivity contribution in [2.75, 3.05) is 6.61 Å². The first-order valence-electron chi connectivity index (χ1n) is 8.28. The summed E-state index contributed by atoms with van der Waals surface area (Å²) in [4.78, 5) is 12.7. The average Bonchev–Trinajstić information content (AvgIpc) is 2.88. The van der Waals surface area contributed by atoms with Crippen LogP contribution in [0.3, 0.4) is 0 Å². The molecule has 24 heavy (non-hydrogen) atoms. The fraction of sp³-hybridized carbons (Fsp3) is 0.474. The minimum atomic E-state index is -0.152. The summed E-state index contributed by atoms with van der Waals surface area (Å²) in [5.74, 6) is -0.152. The molecule has 1 amide bonds. The number of hydrogen-bond acceptors (Lipinski definition) is 3. The number of carbonyl (C=O) groups excluding carboxylic acids is 1. The Balaban J connectivity index is 2.27. The summed E-state index contributed by atoms with van der Waals surface area (Å²) in [5, 5.41) is 16.7. The van der Waals surface area contributed by atoms with Crippen LogP contribution >= 0.6 is 0 Å². The number of nitrogens with one attached hydrogen (secondary N) is 1. The van der Waals surface area contributed by atoms with E-state index in [0.717, 1.165) is 16.9 Å². The second-order valence-electron chi connectivity index (χ2n) is 7.25. The molecule has 2 rings (SSSR count). The second kappa shape index (κ2) is 7.18. The highest BCUT2D eigenvalue weighted by atomic mass is 16.3. The molecule has 1 unspecified atom stereocenters. The molecule has 0 saturated heterocycles. The van der Waals surface area contributed by atoms with Crippen LogP contribution in [-0.4, -0.2) is 33.4 Å². The number of aromatic nitrogens is 2. The van der Waals surface area contributed by atoms with Crippen LogP contribution in [0.5, 0.6) is 0 Å². The van der Waals surface area contributed by atoms with Gasteiger partial charge in [0.05, 0.1) is 23.1 Å². The predicted molar refractivity (Wildman–Crippen MR) is 95.5 cm³/mol. The zero-order chi connectivity index (χ0) is 17.9. The van der Waals surface area contributed by atoms with E-state index in [1.165, 1.54) is 0 Å². The zero-order valence-corrected chi connectivity index (χ0v) is 15.1. The SMILES string of the molecule is Cc1ccccc1-n1ncc(C(=O)NC(CCO)C(C)(C)C)c1C. The van der Waals surface area contributed by atoms with Crippen LogP contribution in [0.2, 0.25) is 0 Å². The monoisotopic (exact) mass is 329 g/mol. The Kier molecular flexibility index (Phi) is 5.44. The number of hydrogen-bond donors (Lipinski definition) is 2. The van der Waals surface area contributed by atoms with Crippen molar-refractivity contribution in [2.45, 2.75) is 47.1 Å². The van der Waals surface area contributed by atoms with Gasteiger partial charge in [-0.2, -0.15) is 5.10 Å². The summed E-state index contributed by atoms with van der Waals surface area (Å²) >= 11 is 0. The molecule has 5 heteroatoms. The molecule has 1 aromatic carbocycles. The normalized spacial score (nSPS) is 12.9. The lowest BCUT2D eigenvalue weighted by Crippen LogP contribution is -2.44. The topological polar surface area (TPSA) is 67.2 Å². The van der Waals surface area contributed by atoms with Crippen LogP contribution in [-0.2, 0) is 0 Å². The predicted octanol–water partition coefficient (Wildman–Crippen LogP) is 3.02. The Morgan fingerprint density at radius 2 is 1.96 bits per heavy atom. The Morgan fingerprint density at radius 3 is 2.54 bits per heavy atom. The quantitative estimate of drug-likeness (QED) is 0.886. The molecule has 0 fully saturated rings. The van der Waals surface area contributed by atoms with Crippen molar-refractivity contribution in [1.29, 1.82) is 0 Å². The van der Waals surface area contributed by atoms with Crippen molar-refractivity contribution < 1.29 is 9.90 Å². The zero-order valence-electron chi connectivity index (χ0n) is 15.1. The van der Waals surface area contributed by atoms with Gasteiger partial charge in [-0.15, -0.1) is 0 Å². The molecule has 0 saturated carbocycles. The Labute approximate surface area is 143 Å². The Hall–Kier alpha value is -2.14. The molecule has 0 radical (unpaired) electrons. The van der Waals surface area contributed by atoms with E-state index in [-0.39, 0.29) is 24.0 Å². The molecule has 1 aromatic heterocycles. The molecular formula is C19H27N3O2. The van der Waals surface area contributed by atoms with Crippen molar-refractivity contribution in [2.24, 2.45) is 5.41 Å². The molecule has 1 atom stereocenters. The molecule has 1 heterocycles. The second-order valence-corrected chi connectivity index (χ2v) is 7.25. The summed E-state index contributed by atoms with van der Waals surface area (Å²) < 4.78 is 1.79. The van der Waals surface area contributed by atoms with Gasteiger partial charge in [-0.3, -0.25) is 4.79 Å². The van der Waals surface area contributed by atoms with Crippen LogP contribution < -0.4 is 5.32 Å². The molecule has 2 aromatic rings. The van der Waals surface area contributed by atoms with Crippen LogP contribution in [0.15, 0.2) is 30.5 Å². The number of nitrogens with zero attached hydrogens (tertiary/aromatic N) is 2. The molecule has 0 aliphatic rings. The standard InChI is InChI=1S/C19H27N3O2/c1-13-8-6-7-9-16(13)22-14(2)15(12-20-22)18(24)21-17(10-11-23)19(3,4)5/h6-9,12,17,23H,10-11H2,1-5H3,(H,21,24). The van der Waals surface area contributed by atoms with E-state index in [1.54, 1.807) is 10.9 Å². The smallest absolute Gasteiger partial charge is 0.254 e. The van der Waals surface area contributed by atoms with E-state index in [0.29, 0.717) is 12.0 Å². The highest BCUT2D eigenvalue weighted by molar-refractivity contribution is 5.95. The maximum atomic E-state index is 12.7. The first-order chi connectivity index (χ1) is 11.3. The summed E-state index contributed by atoms with van der Waals surface area (Å²) in [6.07, 6.45) is 2.13. The molecular weight excluding hydrogens is 302 g/mol. The molecule has 0 aliphatic heterocycles. The molecule has 0 aliphatic carbocycles. The van der Waals surface area contributed by atoms with Gasteiger partial charge in [0, 0.05) is 12.6 Å². The largest absolute Gasteiger partial charge is 0.396 e. The third kappa shape index (κ3) is 3.85. The summed E-state index contributed by atoms with van der Waals surface area (Å²) in [5.41, 5.74) is 3.31. The number of benzene rings is 1. The molecule has 0 spiro atoms. The number of amides is 1. The number of aliphatic hydroxyl groups is 1. The van der Waals surface area contributed by atoms with Gasteiger partial charge in [-0.05, 0) is 37.3 Å². The van der Waals surface area contributed by atoms with Gasteiger partial charge in [0.25, 0.3) is 5.91 Å². The van der Waals surface area contributed by atoms with E-state index in [2.05, 4.69) is 31.2 Å². The molecule has 5 nitrogen and oxygen atoms in total. The maximum Gasteiger partial charge on any atom is 0.254 e. The van der Waals surface area contributed by atoms with Gasteiger partial charge < -0.3 is 10.4 Å². The van der Waals surface area contributed by atoms with Crippen molar-refractivity contribution in [3.63, 3.8) is 0 Å². The molecule has 2 N–H and O–H groups in total. The van der Waals surface area contributed by atoms with Crippen LogP contribution in [0.1, 0.15) is 48.8 Å². The van der Waals surface area contributed by atoms with Gasteiger partial charge in [0.2, 0.25) is 0 Å². The van der Waals surface area contributed by atoms with Gasteiger partial charge in [0.1, 0.15) is 0 Å². The van der Waals surface area contributed by atoms with Crippen molar-refractivity contribution in [3.8, 4) is 5.69 Å². The lowest BCUT2D eigenvalue weighted by Gasteiger charge is -2.31. The number of carbonyl (C=O) groups is 1. The lowest BCUT2D eigenvalue weighted by molar-refractivity contribution is 0.0884. The third-order valence-electron chi connectivity index (χ3n) is 4.37.